The van der Waals surface area contributed by atoms with Crippen LogP contribution in [0.5, 0.6) is 5.75 Å². The van der Waals surface area contributed by atoms with Gasteiger partial charge in [-0.1, -0.05) is 54.1 Å². The molecule has 0 aliphatic carbocycles. The van der Waals surface area contributed by atoms with Crippen LogP contribution in [0.4, 0.5) is 0 Å². The van der Waals surface area contributed by atoms with E-state index in [1.165, 1.54) is 0 Å². The van der Waals surface area contributed by atoms with E-state index in [1.807, 2.05) is 42.5 Å². The zero-order chi connectivity index (χ0) is 20.5. The van der Waals surface area contributed by atoms with Crippen molar-refractivity contribution >= 4 is 23.4 Å². The van der Waals surface area contributed by atoms with Crippen molar-refractivity contribution in [1.29, 1.82) is 0 Å². The number of nitrogens with one attached hydrogen (secondary N) is 2. The third-order valence-electron chi connectivity index (χ3n) is 4.17. The van der Waals surface area contributed by atoms with Crippen LogP contribution in [0.25, 0.3) is 11.1 Å². The fraction of sp³-hybridized carbons (Fsp3) is 0.130. The van der Waals surface area contributed by atoms with Gasteiger partial charge in [0, 0.05) is 23.7 Å². The Kier molecular flexibility index (Phi) is 7.25. The van der Waals surface area contributed by atoms with Crippen molar-refractivity contribution in [2.45, 2.75) is 0 Å². The molecule has 0 unspecified atom stereocenters. The predicted octanol–water partition coefficient (Wildman–Crippen LogP) is 3.93. The van der Waals surface area contributed by atoms with Crippen molar-refractivity contribution in [3.8, 4) is 16.9 Å². The fourth-order valence-corrected chi connectivity index (χ4v) is 2.78. The summed E-state index contributed by atoms with van der Waals surface area (Å²) in [5, 5.41) is 6.09. The summed E-state index contributed by atoms with van der Waals surface area (Å²) < 4.78 is 5.36. The molecular weight excluding hydrogens is 388 g/mol. The van der Waals surface area contributed by atoms with E-state index >= 15 is 0 Å². The number of carbonyl (C=O) groups is 2. The van der Waals surface area contributed by atoms with E-state index in [-0.39, 0.29) is 18.4 Å². The molecule has 0 spiro atoms. The monoisotopic (exact) mass is 408 g/mol. The molecule has 0 saturated carbocycles. The van der Waals surface area contributed by atoms with Crippen LogP contribution >= 0.6 is 11.6 Å². The standard InChI is InChI=1S/C23H21ClN2O3/c24-20-10-12-21(13-11-20)29-16-22(27)25-14-15-26-23(28)19-8-6-18(7-9-19)17-4-2-1-3-5-17/h1-13H,14-16H2,(H,25,27)(H,26,28). The summed E-state index contributed by atoms with van der Waals surface area (Å²) in [7, 11) is 0. The second kappa shape index (κ2) is 10.3. The quantitative estimate of drug-likeness (QED) is 0.555. The Balaban J connectivity index is 1.37. The first-order chi connectivity index (χ1) is 14.1. The lowest BCUT2D eigenvalue weighted by Gasteiger charge is -2.09. The average Bonchev–Trinajstić information content (AvgIpc) is 2.77. The lowest BCUT2D eigenvalue weighted by atomic mass is 10.0. The number of ether oxygens (including phenoxy) is 1. The molecule has 3 aromatic carbocycles. The van der Waals surface area contributed by atoms with Gasteiger partial charge in [-0.15, -0.1) is 0 Å². The van der Waals surface area contributed by atoms with Gasteiger partial charge in [-0.05, 0) is 47.5 Å². The molecule has 3 rings (SSSR count). The molecule has 2 N–H and O–H groups in total. The van der Waals surface area contributed by atoms with Gasteiger partial charge in [0.2, 0.25) is 0 Å². The van der Waals surface area contributed by atoms with Gasteiger partial charge in [0.05, 0.1) is 0 Å². The van der Waals surface area contributed by atoms with Crippen LogP contribution in [-0.2, 0) is 4.79 Å². The molecule has 3 aromatic rings. The summed E-state index contributed by atoms with van der Waals surface area (Å²) in [5.74, 6) is 0.120. The van der Waals surface area contributed by atoms with Crippen LogP contribution in [0.2, 0.25) is 5.02 Å². The SMILES string of the molecule is O=C(COc1ccc(Cl)cc1)NCCNC(=O)c1ccc(-c2ccccc2)cc1. The molecule has 148 valence electrons. The Morgan fingerprint density at radius 1 is 0.759 bits per heavy atom. The molecule has 0 bridgehead atoms. The van der Waals surface area contributed by atoms with Gasteiger partial charge in [-0.25, -0.2) is 0 Å². The van der Waals surface area contributed by atoms with Gasteiger partial charge in [-0.3, -0.25) is 9.59 Å². The van der Waals surface area contributed by atoms with Gasteiger partial charge in [0.1, 0.15) is 5.75 Å². The van der Waals surface area contributed by atoms with E-state index in [2.05, 4.69) is 10.6 Å². The molecule has 0 saturated heterocycles. The maximum atomic E-state index is 12.2. The molecule has 29 heavy (non-hydrogen) atoms. The number of benzene rings is 3. The first kappa shape index (κ1) is 20.4. The molecule has 0 aliphatic rings. The Bertz CT molecular complexity index is 942. The van der Waals surface area contributed by atoms with Gasteiger partial charge in [0.15, 0.2) is 6.61 Å². The van der Waals surface area contributed by atoms with Crippen LogP contribution in [0.1, 0.15) is 10.4 Å². The third-order valence-corrected chi connectivity index (χ3v) is 4.42. The lowest BCUT2D eigenvalue weighted by Crippen LogP contribution is -2.36. The maximum absolute atomic E-state index is 12.2. The predicted molar refractivity (Wildman–Crippen MR) is 114 cm³/mol. The average molecular weight is 409 g/mol. The highest BCUT2D eigenvalue weighted by atomic mass is 35.5. The van der Waals surface area contributed by atoms with E-state index in [4.69, 9.17) is 16.3 Å². The highest BCUT2D eigenvalue weighted by Crippen LogP contribution is 2.19. The molecule has 6 heteroatoms. The summed E-state index contributed by atoms with van der Waals surface area (Å²) in [6, 6.07) is 24.1. The summed E-state index contributed by atoms with van der Waals surface area (Å²) in [6.45, 7) is 0.541. The highest BCUT2D eigenvalue weighted by molar-refractivity contribution is 6.30. The van der Waals surface area contributed by atoms with E-state index in [0.717, 1.165) is 11.1 Å². The molecule has 0 radical (unpaired) electrons. The van der Waals surface area contributed by atoms with Crippen molar-refractivity contribution < 1.29 is 14.3 Å². The Hall–Kier alpha value is -3.31. The van der Waals surface area contributed by atoms with E-state index in [0.29, 0.717) is 29.4 Å². The topological polar surface area (TPSA) is 67.4 Å². The van der Waals surface area contributed by atoms with E-state index in [9.17, 15) is 9.59 Å². The van der Waals surface area contributed by atoms with Gasteiger partial charge in [-0.2, -0.15) is 0 Å². The zero-order valence-corrected chi connectivity index (χ0v) is 16.5. The molecule has 0 fully saturated rings. The first-order valence-electron chi connectivity index (χ1n) is 9.20. The summed E-state index contributed by atoms with van der Waals surface area (Å²) in [6.07, 6.45) is 0. The van der Waals surface area contributed by atoms with Crippen molar-refractivity contribution in [3.63, 3.8) is 0 Å². The number of carbonyl (C=O) groups excluding carboxylic acids is 2. The van der Waals surface area contributed by atoms with E-state index in [1.54, 1.807) is 36.4 Å². The zero-order valence-electron chi connectivity index (χ0n) is 15.7. The second-order valence-electron chi connectivity index (χ2n) is 6.29. The Labute approximate surface area is 174 Å². The van der Waals surface area contributed by atoms with E-state index < -0.39 is 0 Å². The van der Waals surface area contributed by atoms with Crippen LogP contribution in [0, 0.1) is 0 Å². The lowest BCUT2D eigenvalue weighted by molar-refractivity contribution is -0.123. The number of hydrogen-bond acceptors (Lipinski definition) is 3. The first-order valence-corrected chi connectivity index (χ1v) is 9.58. The summed E-state index contributed by atoms with van der Waals surface area (Å²) in [5.41, 5.74) is 2.72. The van der Waals surface area contributed by atoms with Crippen molar-refractivity contribution in [1.82, 2.24) is 10.6 Å². The molecule has 0 heterocycles. The number of halogens is 1. The van der Waals surface area contributed by atoms with Gasteiger partial charge >= 0.3 is 0 Å². The summed E-state index contributed by atoms with van der Waals surface area (Å²) >= 11 is 5.80. The smallest absolute Gasteiger partial charge is 0.258 e. The maximum Gasteiger partial charge on any atom is 0.258 e. The molecule has 0 aromatic heterocycles. The minimum atomic E-state index is -0.263. The Morgan fingerprint density at radius 3 is 2.07 bits per heavy atom. The number of hydrogen-bond donors (Lipinski definition) is 2. The minimum absolute atomic E-state index is 0.101. The highest BCUT2D eigenvalue weighted by Gasteiger charge is 2.06. The molecular formula is C23H21ClN2O3. The molecule has 0 atom stereocenters. The minimum Gasteiger partial charge on any atom is -0.484 e. The van der Waals surface area contributed by atoms with Gasteiger partial charge in [0.25, 0.3) is 11.8 Å². The van der Waals surface area contributed by atoms with Crippen LogP contribution in [-0.4, -0.2) is 31.5 Å². The molecule has 0 aliphatic heterocycles. The van der Waals surface area contributed by atoms with Crippen LogP contribution in [0.3, 0.4) is 0 Å². The Morgan fingerprint density at radius 2 is 1.38 bits per heavy atom. The van der Waals surface area contributed by atoms with Crippen LogP contribution < -0.4 is 15.4 Å². The van der Waals surface area contributed by atoms with Crippen molar-refractivity contribution in [2.75, 3.05) is 19.7 Å². The number of rotatable bonds is 8. The third kappa shape index (κ3) is 6.36. The molecule has 2 amide bonds. The normalized spacial score (nSPS) is 10.2. The van der Waals surface area contributed by atoms with Crippen molar-refractivity contribution in [3.05, 3.63) is 89.4 Å². The fourth-order valence-electron chi connectivity index (χ4n) is 2.66. The number of amides is 2. The summed E-state index contributed by atoms with van der Waals surface area (Å²) in [4.78, 5) is 24.0. The largest absolute Gasteiger partial charge is 0.484 e. The second-order valence-corrected chi connectivity index (χ2v) is 6.73. The van der Waals surface area contributed by atoms with Crippen LogP contribution in [0.15, 0.2) is 78.9 Å². The van der Waals surface area contributed by atoms with Gasteiger partial charge < -0.3 is 15.4 Å². The van der Waals surface area contributed by atoms with Crippen molar-refractivity contribution in [2.24, 2.45) is 0 Å². The molecule has 5 nitrogen and oxygen atoms in total.